The van der Waals surface area contributed by atoms with Gasteiger partial charge in [-0.3, -0.25) is 0 Å². The molecule has 1 aromatic heterocycles. The summed E-state index contributed by atoms with van der Waals surface area (Å²) in [6, 6.07) is 8.94. The standard InChI is InChI=1S/C16H20BrNS/c1-9(2)16(18)14-6-5-13(19-14)12-7-10(3)15(17)11(4)8-12/h5-9,16H,18H2,1-4H3. The van der Waals surface area contributed by atoms with Crippen LogP contribution in [0.4, 0.5) is 0 Å². The van der Waals surface area contributed by atoms with E-state index in [1.807, 2.05) is 0 Å². The molecule has 19 heavy (non-hydrogen) atoms. The van der Waals surface area contributed by atoms with Crippen molar-refractivity contribution < 1.29 is 0 Å². The molecule has 0 spiro atoms. The van der Waals surface area contributed by atoms with E-state index in [4.69, 9.17) is 5.73 Å². The highest BCUT2D eigenvalue weighted by atomic mass is 79.9. The van der Waals surface area contributed by atoms with E-state index in [-0.39, 0.29) is 6.04 Å². The van der Waals surface area contributed by atoms with Crippen molar-refractivity contribution in [3.8, 4) is 10.4 Å². The lowest BCUT2D eigenvalue weighted by atomic mass is 10.0. The predicted octanol–water partition coefficient (Wildman–Crippen LogP) is 5.45. The Labute approximate surface area is 128 Å². The molecule has 0 aliphatic carbocycles. The number of rotatable bonds is 3. The first-order valence-electron chi connectivity index (χ1n) is 6.52. The highest BCUT2D eigenvalue weighted by Gasteiger charge is 2.14. The van der Waals surface area contributed by atoms with Crippen molar-refractivity contribution in [2.24, 2.45) is 11.7 Å². The van der Waals surface area contributed by atoms with Gasteiger partial charge in [0.15, 0.2) is 0 Å². The molecule has 0 saturated heterocycles. The van der Waals surface area contributed by atoms with Crippen LogP contribution in [-0.4, -0.2) is 0 Å². The highest BCUT2D eigenvalue weighted by molar-refractivity contribution is 9.10. The Morgan fingerprint density at radius 2 is 1.68 bits per heavy atom. The van der Waals surface area contributed by atoms with Crippen molar-refractivity contribution in [3.63, 3.8) is 0 Å². The molecule has 2 rings (SSSR count). The van der Waals surface area contributed by atoms with Crippen LogP contribution in [0.2, 0.25) is 0 Å². The summed E-state index contributed by atoms with van der Waals surface area (Å²) in [6.07, 6.45) is 0. The van der Waals surface area contributed by atoms with Gasteiger partial charge in [0.05, 0.1) is 0 Å². The fourth-order valence-corrected chi connectivity index (χ4v) is 3.50. The first-order valence-corrected chi connectivity index (χ1v) is 8.13. The van der Waals surface area contributed by atoms with E-state index in [9.17, 15) is 0 Å². The number of aryl methyl sites for hydroxylation is 2. The van der Waals surface area contributed by atoms with Crippen LogP contribution in [0.1, 0.15) is 35.9 Å². The summed E-state index contributed by atoms with van der Waals surface area (Å²) in [5.41, 5.74) is 10.1. The molecule has 102 valence electrons. The number of benzene rings is 1. The molecule has 0 aliphatic rings. The summed E-state index contributed by atoms with van der Waals surface area (Å²) >= 11 is 5.42. The maximum absolute atomic E-state index is 6.22. The second kappa shape index (κ2) is 5.78. The van der Waals surface area contributed by atoms with E-state index < -0.39 is 0 Å². The minimum absolute atomic E-state index is 0.136. The highest BCUT2D eigenvalue weighted by Crippen LogP contribution is 2.35. The molecule has 2 N–H and O–H groups in total. The van der Waals surface area contributed by atoms with E-state index >= 15 is 0 Å². The molecule has 1 nitrogen and oxygen atoms in total. The molecular weight excluding hydrogens is 318 g/mol. The smallest absolute Gasteiger partial charge is 0.0413 e. The molecule has 1 aromatic carbocycles. The summed E-state index contributed by atoms with van der Waals surface area (Å²) in [6.45, 7) is 8.60. The van der Waals surface area contributed by atoms with Crippen molar-refractivity contribution in [1.29, 1.82) is 0 Å². The number of hydrogen-bond donors (Lipinski definition) is 1. The Morgan fingerprint density at radius 1 is 1.11 bits per heavy atom. The lowest BCUT2D eigenvalue weighted by molar-refractivity contribution is 0.521. The number of halogens is 1. The predicted molar refractivity (Wildman–Crippen MR) is 88.7 cm³/mol. The fraction of sp³-hybridized carbons (Fsp3) is 0.375. The first kappa shape index (κ1) is 14.8. The average Bonchev–Trinajstić information content (AvgIpc) is 2.83. The summed E-state index contributed by atoms with van der Waals surface area (Å²) in [5.74, 6) is 0.472. The Balaban J connectivity index is 2.38. The van der Waals surface area contributed by atoms with E-state index in [1.165, 1.54) is 30.9 Å². The molecule has 0 saturated carbocycles. The summed E-state index contributed by atoms with van der Waals surface area (Å²) in [5, 5.41) is 0. The molecule has 0 aliphatic heterocycles. The van der Waals surface area contributed by atoms with Gasteiger partial charge in [0.25, 0.3) is 0 Å². The Hall–Kier alpha value is -0.640. The van der Waals surface area contributed by atoms with Crippen LogP contribution in [-0.2, 0) is 0 Å². The number of nitrogens with two attached hydrogens (primary N) is 1. The van der Waals surface area contributed by atoms with E-state index in [1.54, 1.807) is 11.3 Å². The van der Waals surface area contributed by atoms with Crippen LogP contribution < -0.4 is 5.73 Å². The second-order valence-electron chi connectivity index (χ2n) is 5.40. The van der Waals surface area contributed by atoms with Crippen LogP contribution in [0.5, 0.6) is 0 Å². The average molecular weight is 338 g/mol. The molecule has 1 unspecified atom stereocenters. The Morgan fingerprint density at radius 3 is 2.21 bits per heavy atom. The summed E-state index contributed by atoms with van der Waals surface area (Å²) in [7, 11) is 0. The van der Waals surface area contributed by atoms with Gasteiger partial charge in [0.2, 0.25) is 0 Å². The van der Waals surface area contributed by atoms with Crippen LogP contribution in [0.15, 0.2) is 28.7 Å². The zero-order chi connectivity index (χ0) is 14.2. The maximum Gasteiger partial charge on any atom is 0.0413 e. The van der Waals surface area contributed by atoms with Crippen molar-refractivity contribution >= 4 is 27.3 Å². The minimum atomic E-state index is 0.136. The summed E-state index contributed by atoms with van der Waals surface area (Å²) in [4.78, 5) is 2.56. The normalized spacial score (nSPS) is 13.0. The van der Waals surface area contributed by atoms with Crippen LogP contribution in [0.3, 0.4) is 0 Å². The fourth-order valence-electron chi connectivity index (χ4n) is 2.10. The summed E-state index contributed by atoms with van der Waals surface area (Å²) < 4.78 is 1.20. The Bertz CT molecular complexity index is 563. The lowest BCUT2D eigenvalue weighted by Gasteiger charge is -2.13. The third-order valence-corrected chi connectivity index (χ3v) is 5.88. The Kier molecular flexibility index (Phi) is 4.49. The lowest BCUT2D eigenvalue weighted by Crippen LogP contribution is -2.14. The molecule has 1 atom stereocenters. The molecule has 0 bridgehead atoms. The van der Waals surface area contributed by atoms with Gasteiger partial charge in [0, 0.05) is 20.3 Å². The second-order valence-corrected chi connectivity index (χ2v) is 7.30. The molecule has 0 fully saturated rings. The van der Waals surface area contributed by atoms with Crippen LogP contribution in [0, 0.1) is 19.8 Å². The van der Waals surface area contributed by atoms with E-state index in [0.717, 1.165) is 0 Å². The van der Waals surface area contributed by atoms with Gasteiger partial charge in [-0.25, -0.2) is 0 Å². The van der Waals surface area contributed by atoms with Gasteiger partial charge < -0.3 is 5.73 Å². The molecule has 1 heterocycles. The minimum Gasteiger partial charge on any atom is -0.323 e. The quantitative estimate of drug-likeness (QED) is 0.791. The third-order valence-electron chi connectivity index (χ3n) is 3.39. The van der Waals surface area contributed by atoms with Crippen molar-refractivity contribution in [1.82, 2.24) is 0 Å². The molecule has 0 radical (unpaired) electrons. The zero-order valence-electron chi connectivity index (χ0n) is 11.8. The van der Waals surface area contributed by atoms with Gasteiger partial charge in [-0.1, -0.05) is 29.8 Å². The largest absolute Gasteiger partial charge is 0.323 e. The van der Waals surface area contributed by atoms with Crippen molar-refractivity contribution in [2.45, 2.75) is 33.7 Å². The SMILES string of the molecule is Cc1cc(-c2ccc(C(N)C(C)C)s2)cc(C)c1Br. The van der Waals surface area contributed by atoms with E-state index in [0.29, 0.717) is 5.92 Å². The number of hydrogen-bond acceptors (Lipinski definition) is 2. The molecule has 3 heteroatoms. The third kappa shape index (κ3) is 3.10. The van der Waals surface area contributed by atoms with Crippen LogP contribution >= 0.6 is 27.3 Å². The van der Waals surface area contributed by atoms with E-state index in [2.05, 4.69) is 67.9 Å². The number of thiophene rings is 1. The monoisotopic (exact) mass is 337 g/mol. The zero-order valence-corrected chi connectivity index (χ0v) is 14.2. The van der Waals surface area contributed by atoms with Crippen molar-refractivity contribution in [2.75, 3.05) is 0 Å². The van der Waals surface area contributed by atoms with Gasteiger partial charge in [-0.2, -0.15) is 0 Å². The van der Waals surface area contributed by atoms with Crippen LogP contribution in [0.25, 0.3) is 10.4 Å². The van der Waals surface area contributed by atoms with Gasteiger partial charge in [-0.15, -0.1) is 11.3 Å². The maximum atomic E-state index is 6.22. The topological polar surface area (TPSA) is 26.0 Å². The first-order chi connectivity index (χ1) is 8.90. The molecule has 2 aromatic rings. The van der Waals surface area contributed by atoms with Crippen molar-refractivity contribution in [3.05, 3.63) is 44.7 Å². The molecular formula is C16H20BrNS. The van der Waals surface area contributed by atoms with Gasteiger partial charge in [-0.05, 0) is 60.7 Å². The molecule has 0 amide bonds. The van der Waals surface area contributed by atoms with Gasteiger partial charge >= 0.3 is 0 Å². The van der Waals surface area contributed by atoms with Gasteiger partial charge in [0.1, 0.15) is 0 Å².